The molecule has 0 aromatic heterocycles. The molecule has 0 aliphatic rings. The maximum absolute atomic E-state index is 5.81. The van der Waals surface area contributed by atoms with E-state index in [1.807, 2.05) is 19.1 Å². The molecule has 0 radical (unpaired) electrons. The number of hydrogen-bond acceptors (Lipinski definition) is 3. The van der Waals surface area contributed by atoms with Crippen LogP contribution in [-0.2, 0) is 5.41 Å². The van der Waals surface area contributed by atoms with Crippen molar-refractivity contribution in [1.29, 1.82) is 0 Å². The minimum Gasteiger partial charge on any atom is -0.496 e. The van der Waals surface area contributed by atoms with Crippen LogP contribution in [0.1, 0.15) is 25.0 Å². The summed E-state index contributed by atoms with van der Waals surface area (Å²) in [5.41, 5.74) is 7.80. The molecule has 1 aromatic rings. The zero-order valence-corrected chi connectivity index (χ0v) is 10.8. The fourth-order valence-corrected chi connectivity index (χ4v) is 1.81. The first-order valence-electron chi connectivity index (χ1n) is 5.39. The molecule has 0 heterocycles. The maximum atomic E-state index is 5.81. The van der Waals surface area contributed by atoms with Crippen molar-refractivity contribution >= 4 is 0 Å². The lowest BCUT2D eigenvalue weighted by Crippen LogP contribution is -2.29. The van der Waals surface area contributed by atoms with Gasteiger partial charge in [-0.2, -0.15) is 0 Å². The average molecular weight is 223 g/mol. The normalized spacial score (nSPS) is 11.4. The van der Waals surface area contributed by atoms with Gasteiger partial charge < -0.3 is 15.2 Å². The van der Waals surface area contributed by atoms with E-state index >= 15 is 0 Å². The first-order chi connectivity index (χ1) is 7.46. The average Bonchev–Trinajstić information content (AvgIpc) is 2.27. The molecule has 90 valence electrons. The van der Waals surface area contributed by atoms with E-state index in [1.54, 1.807) is 14.2 Å². The Balaban J connectivity index is 3.44. The summed E-state index contributed by atoms with van der Waals surface area (Å²) in [6.45, 7) is 6.73. The Morgan fingerprint density at radius 2 is 1.56 bits per heavy atom. The van der Waals surface area contributed by atoms with Gasteiger partial charge in [0, 0.05) is 17.5 Å². The summed E-state index contributed by atoms with van der Waals surface area (Å²) < 4.78 is 10.8. The van der Waals surface area contributed by atoms with Crippen molar-refractivity contribution in [2.45, 2.75) is 26.2 Å². The van der Waals surface area contributed by atoms with Crippen molar-refractivity contribution in [2.24, 2.45) is 5.73 Å². The molecule has 3 heteroatoms. The molecule has 3 nitrogen and oxygen atoms in total. The lowest BCUT2D eigenvalue weighted by Gasteiger charge is -2.27. The van der Waals surface area contributed by atoms with Crippen LogP contribution in [0.5, 0.6) is 11.5 Å². The maximum Gasteiger partial charge on any atom is 0.126 e. The first kappa shape index (κ1) is 12.8. The highest BCUT2D eigenvalue weighted by atomic mass is 16.5. The first-order valence-corrected chi connectivity index (χ1v) is 5.39. The van der Waals surface area contributed by atoms with Gasteiger partial charge in [-0.25, -0.2) is 0 Å². The zero-order chi connectivity index (χ0) is 12.3. The number of ether oxygens (including phenoxy) is 2. The van der Waals surface area contributed by atoms with Crippen molar-refractivity contribution in [3.8, 4) is 11.5 Å². The third-order valence-corrected chi connectivity index (χ3v) is 2.84. The zero-order valence-electron chi connectivity index (χ0n) is 10.8. The quantitative estimate of drug-likeness (QED) is 0.851. The van der Waals surface area contributed by atoms with Crippen molar-refractivity contribution in [1.82, 2.24) is 0 Å². The molecular weight excluding hydrogens is 202 g/mol. The largest absolute Gasteiger partial charge is 0.496 e. The van der Waals surface area contributed by atoms with Crippen LogP contribution in [0.4, 0.5) is 0 Å². The topological polar surface area (TPSA) is 44.5 Å². The molecule has 0 aliphatic heterocycles. The molecule has 1 rings (SSSR count). The second kappa shape index (κ2) is 4.74. The number of hydrogen-bond donors (Lipinski definition) is 1. The molecule has 0 amide bonds. The highest BCUT2D eigenvalue weighted by molar-refractivity contribution is 5.51. The molecule has 0 fully saturated rings. The van der Waals surface area contributed by atoms with Crippen molar-refractivity contribution in [3.63, 3.8) is 0 Å². The van der Waals surface area contributed by atoms with E-state index in [-0.39, 0.29) is 5.41 Å². The van der Waals surface area contributed by atoms with E-state index in [0.29, 0.717) is 6.54 Å². The van der Waals surface area contributed by atoms with Gasteiger partial charge in [0.15, 0.2) is 0 Å². The van der Waals surface area contributed by atoms with Crippen molar-refractivity contribution in [3.05, 3.63) is 23.3 Å². The van der Waals surface area contributed by atoms with E-state index in [0.717, 1.165) is 22.6 Å². The Morgan fingerprint density at radius 1 is 1.12 bits per heavy atom. The molecule has 0 unspecified atom stereocenters. The summed E-state index contributed by atoms with van der Waals surface area (Å²) in [5.74, 6) is 1.68. The molecule has 0 atom stereocenters. The second-order valence-electron chi connectivity index (χ2n) is 4.63. The van der Waals surface area contributed by atoms with Gasteiger partial charge in [0.1, 0.15) is 11.5 Å². The predicted octanol–water partition coefficient (Wildman–Crippen LogP) is 2.25. The van der Waals surface area contributed by atoms with Gasteiger partial charge in [-0.3, -0.25) is 0 Å². The number of methoxy groups -OCH3 is 2. The minimum atomic E-state index is -0.162. The van der Waals surface area contributed by atoms with E-state index in [1.165, 1.54) is 0 Å². The van der Waals surface area contributed by atoms with E-state index in [9.17, 15) is 0 Å². The molecule has 0 saturated heterocycles. The Bertz CT molecular complexity index is 347. The van der Waals surface area contributed by atoms with Gasteiger partial charge in [-0.1, -0.05) is 13.8 Å². The van der Waals surface area contributed by atoms with Crippen LogP contribution in [0.25, 0.3) is 0 Å². The van der Waals surface area contributed by atoms with Crippen LogP contribution in [0.15, 0.2) is 12.1 Å². The van der Waals surface area contributed by atoms with Crippen LogP contribution < -0.4 is 15.2 Å². The van der Waals surface area contributed by atoms with E-state index < -0.39 is 0 Å². The van der Waals surface area contributed by atoms with E-state index in [2.05, 4.69) is 13.8 Å². The summed E-state index contributed by atoms with van der Waals surface area (Å²) in [7, 11) is 3.34. The van der Waals surface area contributed by atoms with Crippen LogP contribution in [0, 0.1) is 6.92 Å². The Morgan fingerprint density at radius 3 is 1.88 bits per heavy atom. The fourth-order valence-electron chi connectivity index (χ4n) is 1.81. The molecule has 1 aromatic carbocycles. The summed E-state index contributed by atoms with van der Waals surface area (Å²) in [5, 5.41) is 0. The molecule has 0 spiro atoms. The van der Waals surface area contributed by atoms with Gasteiger partial charge in [0.05, 0.1) is 14.2 Å². The molecule has 2 N–H and O–H groups in total. The summed E-state index contributed by atoms with van der Waals surface area (Å²) in [4.78, 5) is 0. The lowest BCUT2D eigenvalue weighted by molar-refractivity contribution is 0.362. The van der Waals surface area contributed by atoms with Crippen LogP contribution in [-0.4, -0.2) is 20.8 Å². The van der Waals surface area contributed by atoms with Crippen LogP contribution in [0.3, 0.4) is 0 Å². The Labute approximate surface area is 97.6 Å². The second-order valence-corrected chi connectivity index (χ2v) is 4.63. The fraction of sp³-hybridized carbons (Fsp3) is 0.538. The number of aryl methyl sites for hydroxylation is 1. The summed E-state index contributed by atoms with van der Waals surface area (Å²) >= 11 is 0. The molecule has 0 aliphatic carbocycles. The molecule has 0 saturated carbocycles. The smallest absolute Gasteiger partial charge is 0.126 e. The van der Waals surface area contributed by atoms with Gasteiger partial charge in [-0.15, -0.1) is 0 Å². The van der Waals surface area contributed by atoms with Gasteiger partial charge in [0.2, 0.25) is 0 Å². The highest BCUT2D eigenvalue weighted by Crippen LogP contribution is 2.39. The number of nitrogens with two attached hydrogens (primary N) is 1. The standard InChI is InChI=1S/C13H21NO2/c1-9-6-10(15-4)12(11(7-9)16-5)13(2,3)8-14/h6-7H,8,14H2,1-5H3. The Hall–Kier alpha value is -1.22. The Kier molecular flexibility index (Phi) is 3.81. The lowest BCUT2D eigenvalue weighted by atomic mass is 9.83. The molecular formula is C13H21NO2. The van der Waals surface area contributed by atoms with Crippen LogP contribution >= 0.6 is 0 Å². The van der Waals surface area contributed by atoms with Gasteiger partial charge >= 0.3 is 0 Å². The third-order valence-electron chi connectivity index (χ3n) is 2.84. The number of rotatable bonds is 4. The summed E-state index contributed by atoms with van der Waals surface area (Å²) in [6.07, 6.45) is 0. The third kappa shape index (κ3) is 2.30. The van der Waals surface area contributed by atoms with E-state index in [4.69, 9.17) is 15.2 Å². The monoisotopic (exact) mass is 223 g/mol. The predicted molar refractivity (Wildman–Crippen MR) is 66.4 cm³/mol. The van der Waals surface area contributed by atoms with Crippen molar-refractivity contribution < 1.29 is 9.47 Å². The highest BCUT2D eigenvalue weighted by Gasteiger charge is 2.27. The molecule has 16 heavy (non-hydrogen) atoms. The van der Waals surface area contributed by atoms with Crippen molar-refractivity contribution in [2.75, 3.05) is 20.8 Å². The molecule has 0 bridgehead atoms. The minimum absolute atomic E-state index is 0.162. The summed E-state index contributed by atoms with van der Waals surface area (Å²) in [6, 6.07) is 4.02. The number of benzene rings is 1. The van der Waals surface area contributed by atoms with Gasteiger partial charge in [0.25, 0.3) is 0 Å². The SMILES string of the molecule is COc1cc(C)cc(OC)c1C(C)(C)CN. The van der Waals surface area contributed by atoms with Crippen LogP contribution in [0.2, 0.25) is 0 Å². The van der Waals surface area contributed by atoms with Gasteiger partial charge in [-0.05, 0) is 24.6 Å².